The third-order valence-corrected chi connectivity index (χ3v) is 4.99. The molecule has 10 heteroatoms. The number of benzene rings is 2. The summed E-state index contributed by atoms with van der Waals surface area (Å²) in [6.07, 6.45) is 2.41. The molecule has 0 aliphatic heterocycles. The van der Waals surface area contributed by atoms with Crippen LogP contribution in [0.2, 0.25) is 0 Å². The Kier molecular flexibility index (Phi) is 7.24. The van der Waals surface area contributed by atoms with E-state index in [1.165, 1.54) is 24.1 Å². The van der Waals surface area contributed by atoms with Gasteiger partial charge in [0.05, 0.1) is 35.3 Å². The maximum atomic E-state index is 13.1. The van der Waals surface area contributed by atoms with E-state index >= 15 is 0 Å². The molecule has 0 saturated heterocycles. The number of rotatable bonds is 8. The van der Waals surface area contributed by atoms with Crippen LogP contribution in [-0.4, -0.2) is 34.0 Å². The fraction of sp³-hybridized carbons (Fsp3) is 0.318. The number of ether oxygens (including phenoxy) is 2. The van der Waals surface area contributed by atoms with Gasteiger partial charge in [-0.15, -0.1) is 0 Å². The van der Waals surface area contributed by atoms with Crippen LogP contribution in [0.4, 0.5) is 5.69 Å². The van der Waals surface area contributed by atoms with E-state index in [0.717, 1.165) is 10.9 Å². The first-order valence-electron chi connectivity index (χ1n) is 10.0. The normalized spacial score (nSPS) is 11.4. The Morgan fingerprint density at radius 1 is 1.31 bits per heavy atom. The van der Waals surface area contributed by atoms with E-state index in [2.05, 4.69) is 26.0 Å². The quantitative estimate of drug-likeness (QED) is 0.251. The Morgan fingerprint density at radius 2 is 2.06 bits per heavy atom. The number of aromatic nitrogens is 2. The summed E-state index contributed by atoms with van der Waals surface area (Å²) in [4.78, 5) is 28.8. The molecule has 0 spiro atoms. The minimum atomic E-state index is -0.540. The van der Waals surface area contributed by atoms with Crippen LogP contribution in [0.5, 0.6) is 11.5 Å². The van der Waals surface area contributed by atoms with Gasteiger partial charge in [-0.1, -0.05) is 22.9 Å². The van der Waals surface area contributed by atoms with Gasteiger partial charge < -0.3 is 9.47 Å². The molecule has 0 amide bonds. The zero-order chi connectivity index (χ0) is 23.4. The van der Waals surface area contributed by atoms with Crippen LogP contribution in [0.3, 0.4) is 0 Å². The van der Waals surface area contributed by atoms with Gasteiger partial charge in [0.15, 0.2) is 5.75 Å². The Bertz CT molecular complexity index is 1250. The zero-order valence-electron chi connectivity index (χ0n) is 18.2. The first-order chi connectivity index (χ1) is 15.2. The summed E-state index contributed by atoms with van der Waals surface area (Å²) in [5, 5.41) is 16.4. The third-order valence-electron chi connectivity index (χ3n) is 4.50. The Balaban J connectivity index is 2.15. The van der Waals surface area contributed by atoms with Crippen LogP contribution in [0, 0.1) is 10.1 Å². The smallest absolute Gasteiger partial charge is 0.315 e. The van der Waals surface area contributed by atoms with Crippen LogP contribution in [-0.2, 0) is 6.42 Å². The molecule has 1 aromatic heterocycles. The number of nitrogens with zero attached hydrogens (tertiary/aromatic N) is 4. The van der Waals surface area contributed by atoms with Crippen molar-refractivity contribution >= 4 is 38.7 Å². The highest BCUT2D eigenvalue weighted by atomic mass is 79.9. The lowest BCUT2D eigenvalue weighted by Crippen LogP contribution is -2.22. The van der Waals surface area contributed by atoms with Gasteiger partial charge in [0.25, 0.3) is 5.56 Å². The molecule has 0 saturated carbocycles. The van der Waals surface area contributed by atoms with Crippen molar-refractivity contribution in [2.75, 3.05) is 7.11 Å². The molecule has 0 unspecified atom stereocenters. The molecule has 2 aromatic carbocycles. The fourth-order valence-electron chi connectivity index (χ4n) is 3.15. The van der Waals surface area contributed by atoms with Crippen LogP contribution < -0.4 is 15.0 Å². The predicted octanol–water partition coefficient (Wildman–Crippen LogP) is 4.70. The van der Waals surface area contributed by atoms with Gasteiger partial charge >= 0.3 is 5.69 Å². The van der Waals surface area contributed by atoms with Crippen LogP contribution in [0.15, 0.2) is 44.7 Å². The monoisotopic (exact) mass is 502 g/mol. The summed E-state index contributed by atoms with van der Waals surface area (Å²) in [5.74, 6) is 0.756. The van der Waals surface area contributed by atoms with Crippen LogP contribution in [0.25, 0.3) is 10.9 Å². The number of halogens is 1. The van der Waals surface area contributed by atoms with Crippen molar-refractivity contribution in [3.63, 3.8) is 0 Å². The van der Waals surface area contributed by atoms with E-state index in [1.807, 2.05) is 13.0 Å². The number of hydrogen-bond acceptors (Lipinski definition) is 7. The number of fused-ring (bicyclic) bond motifs is 1. The summed E-state index contributed by atoms with van der Waals surface area (Å²) in [5.41, 5.74) is 0.396. The van der Waals surface area contributed by atoms with E-state index in [4.69, 9.17) is 9.47 Å². The second kappa shape index (κ2) is 9.90. The average Bonchev–Trinajstić information content (AvgIpc) is 2.74. The van der Waals surface area contributed by atoms with Crippen molar-refractivity contribution in [1.29, 1.82) is 0 Å². The van der Waals surface area contributed by atoms with E-state index in [9.17, 15) is 14.9 Å². The van der Waals surface area contributed by atoms with E-state index in [0.29, 0.717) is 28.7 Å². The molecule has 0 radical (unpaired) electrons. The molecular formula is C22H23BrN4O5. The van der Waals surface area contributed by atoms with Crippen molar-refractivity contribution < 1.29 is 14.4 Å². The van der Waals surface area contributed by atoms with Crippen molar-refractivity contribution in [2.24, 2.45) is 5.10 Å². The standard InChI is InChI=1S/C22H23BrN4O5/c1-5-6-20-25-17-8-7-15(23)11-16(17)22(28)26(20)24-12-14-9-18(27(29)30)21(32-13(2)3)19(10-14)31-4/h7-13H,5-6H2,1-4H3. The van der Waals surface area contributed by atoms with Gasteiger partial charge in [-0.3, -0.25) is 14.9 Å². The molecule has 3 rings (SSSR count). The highest BCUT2D eigenvalue weighted by Crippen LogP contribution is 2.38. The van der Waals surface area contributed by atoms with Gasteiger partial charge in [0, 0.05) is 22.5 Å². The Hall–Kier alpha value is -3.27. The first-order valence-corrected chi connectivity index (χ1v) is 10.8. The maximum absolute atomic E-state index is 13.1. The highest BCUT2D eigenvalue weighted by Gasteiger charge is 2.23. The molecule has 0 fully saturated rings. The lowest BCUT2D eigenvalue weighted by molar-refractivity contribution is -0.386. The molecule has 0 aliphatic rings. The summed E-state index contributed by atoms with van der Waals surface area (Å²) in [6, 6.07) is 8.20. The van der Waals surface area contributed by atoms with Crippen molar-refractivity contribution in [3.05, 3.63) is 66.7 Å². The number of methoxy groups -OCH3 is 1. The van der Waals surface area contributed by atoms with Crippen molar-refractivity contribution in [1.82, 2.24) is 9.66 Å². The first kappa shape index (κ1) is 23.4. The Labute approximate surface area is 193 Å². The molecule has 0 atom stereocenters. The second-order valence-corrected chi connectivity index (χ2v) is 8.21. The largest absolute Gasteiger partial charge is 0.493 e. The van der Waals surface area contributed by atoms with E-state index < -0.39 is 4.92 Å². The average molecular weight is 503 g/mol. The molecule has 3 aromatic rings. The van der Waals surface area contributed by atoms with Crippen LogP contribution >= 0.6 is 15.9 Å². The van der Waals surface area contributed by atoms with Gasteiger partial charge in [-0.05, 0) is 44.5 Å². The summed E-state index contributed by atoms with van der Waals surface area (Å²) < 4.78 is 12.9. The molecule has 32 heavy (non-hydrogen) atoms. The number of hydrogen-bond donors (Lipinski definition) is 0. The molecule has 0 aliphatic carbocycles. The molecule has 168 valence electrons. The minimum Gasteiger partial charge on any atom is -0.493 e. The lowest BCUT2D eigenvalue weighted by Gasteiger charge is -2.14. The van der Waals surface area contributed by atoms with Crippen LogP contribution in [0.1, 0.15) is 38.6 Å². The Morgan fingerprint density at radius 3 is 2.69 bits per heavy atom. The molecular weight excluding hydrogens is 480 g/mol. The molecule has 0 N–H and O–H groups in total. The highest BCUT2D eigenvalue weighted by molar-refractivity contribution is 9.10. The van der Waals surface area contributed by atoms with Gasteiger partial charge in [-0.2, -0.15) is 9.78 Å². The third kappa shape index (κ3) is 4.96. The van der Waals surface area contributed by atoms with E-state index in [1.54, 1.807) is 32.0 Å². The maximum Gasteiger partial charge on any atom is 0.315 e. The lowest BCUT2D eigenvalue weighted by atomic mass is 10.2. The fourth-order valence-corrected chi connectivity index (χ4v) is 3.51. The van der Waals surface area contributed by atoms with Crippen molar-refractivity contribution in [3.8, 4) is 11.5 Å². The zero-order valence-corrected chi connectivity index (χ0v) is 19.7. The number of nitro benzene ring substituents is 1. The van der Waals surface area contributed by atoms with Gasteiger partial charge in [-0.25, -0.2) is 4.98 Å². The predicted molar refractivity (Wildman–Crippen MR) is 126 cm³/mol. The van der Waals surface area contributed by atoms with Crippen molar-refractivity contribution in [2.45, 2.75) is 39.7 Å². The van der Waals surface area contributed by atoms with E-state index in [-0.39, 0.29) is 28.8 Å². The summed E-state index contributed by atoms with van der Waals surface area (Å²) in [6.45, 7) is 5.52. The summed E-state index contributed by atoms with van der Waals surface area (Å²) >= 11 is 3.37. The SMILES string of the molecule is CCCc1nc2ccc(Br)cc2c(=O)n1N=Cc1cc(OC)c(OC(C)C)c([N+](=O)[O-])c1. The molecule has 9 nitrogen and oxygen atoms in total. The van der Waals surface area contributed by atoms with Gasteiger partial charge in [0.1, 0.15) is 5.82 Å². The molecule has 1 heterocycles. The number of aryl methyl sites for hydroxylation is 1. The topological polar surface area (TPSA) is 109 Å². The summed E-state index contributed by atoms with van der Waals surface area (Å²) in [7, 11) is 1.40. The second-order valence-electron chi connectivity index (χ2n) is 7.30. The number of nitro groups is 1. The molecule has 0 bridgehead atoms. The van der Waals surface area contributed by atoms with Gasteiger partial charge in [0.2, 0.25) is 5.75 Å². The minimum absolute atomic E-state index is 0.0470.